The van der Waals surface area contributed by atoms with E-state index in [0.29, 0.717) is 5.56 Å². The maximum Gasteiger partial charge on any atom is 0.271 e. The standard InChI is InChI=1S/C35H38O8S/c1-38-35-34(41-24-29-18-10-4-11-19-29)33(40-23-28-16-8-3-9-17-28)32(39-22-27-14-6-2-7-15-27)31(43-35)25-42-44(36,37)26-30-20-12-5-13-21-30/h2-21,31-35H,22-26H2,1H3/t31-,32+,33+,34-,35-/m1/s1. The van der Waals surface area contributed by atoms with Crippen molar-refractivity contribution in [1.82, 2.24) is 0 Å². The van der Waals surface area contributed by atoms with Crippen molar-refractivity contribution < 1.29 is 36.3 Å². The lowest BCUT2D eigenvalue weighted by atomic mass is 9.98. The molecule has 0 N–H and O–H groups in total. The zero-order valence-corrected chi connectivity index (χ0v) is 25.5. The lowest BCUT2D eigenvalue weighted by Crippen LogP contribution is -2.61. The summed E-state index contributed by atoms with van der Waals surface area (Å²) < 4.78 is 63.0. The quantitative estimate of drug-likeness (QED) is 0.158. The molecule has 0 spiro atoms. The van der Waals surface area contributed by atoms with Gasteiger partial charge in [-0.25, -0.2) is 0 Å². The van der Waals surface area contributed by atoms with Crippen LogP contribution in [0, 0.1) is 0 Å². The molecule has 1 aliphatic rings. The monoisotopic (exact) mass is 618 g/mol. The number of rotatable bonds is 15. The molecule has 44 heavy (non-hydrogen) atoms. The first-order chi connectivity index (χ1) is 21.5. The summed E-state index contributed by atoms with van der Waals surface area (Å²) in [6.07, 6.45) is -3.85. The fraction of sp³-hybridized carbons (Fsp3) is 0.314. The lowest BCUT2D eigenvalue weighted by molar-refractivity contribution is -0.320. The van der Waals surface area contributed by atoms with Gasteiger partial charge in [0, 0.05) is 7.11 Å². The normalized spacial score (nSPS) is 22.1. The molecule has 0 radical (unpaired) electrons. The van der Waals surface area contributed by atoms with Crippen LogP contribution in [0.3, 0.4) is 0 Å². The molecule has 8 nitrogen and oxygen atoms in total. The predicted molar refractivity (Wildman–Crippen MR) is 166 cm³/mol. The van der Waals surface area contributed by atoms with Gasteiger partial charge in [-0.1, -0.05) is 121 Å². The van der Waals surface area contributed by atoms with Crippen LogP contribution in [0.5, 0.6) is 0 Å². The van der Waals surface area contributed by atoms with Crippen LogP contribution in [0.1, 0.15) is 22.3 Å². The van der Waals surface area contributed by atoms with Crippen LogP contribution in [0.25, 0.3) is 0 Å². The Bertz CT molecular complexity index is 1490. The number of hydrogen-bond donors (Lipinski definition) is 0. The molecule has 4 aromatic rings. The van der Waals surface area contributed by atoms with Gasteiger partial charge >= 0.3 is 0 Å². The fourth-order valence-electron chi connectivity index (χ4n) is 5.06. The van der Waals surface area contributed by atoms with E-state index in [1.165, 1.54) is 7.11 Å². The second kappa shape index (κ2) is 16.1. The van der Waals surface area contributed by atoms with Crippen molar-refractivity contribution in [2.24, 2.45) is 0 Å². The molecule has 1 fully saturated rings. The Morgan fingerprint density at radius 3 is 1.43 bits per heavy atom. The maximum atomic E-state index is 13.0. The van der Waals surface area contributed by atoms with Crippen LogP contribution < -0.4 is 0 Å². The van der Waals surface area contributed by atoms with Crippen molar-refractivity contribution in [3.8, 4) is 0 Å². The lowest BCUT2D eigenvalue weighted by Gasteiger charge is -2.45. The van der Waals surface area contributed by atoms with Crippen molar-refractivity contribution in [1.29, 1.82) is 0 Å². The smallest absolute Gasteiger partial charge is 0.271 e. The van der Waals surface area contributed by atoms with Crippen LogP contribution in [-0.4, -0.2) is 52.8 Å². The van der Waals surface area contributed by atoms with Crippen LogP contribution in [0.4, 0.5) is 0 Å². The second-order valence-corrected chi connectivity index (χ2v) is 12.2. The predicted octanol–water partition coefficient (Wildman–Crippen LogP) is 5.66. The summed E-state index contributed by atoms with van der Waals surface area (Å²) in [7, 11) is -2.41. The molecule has 0 unspecified atom stereocenters. The molecule has 5 atom stereocenters. The topological polar surface area (TPSA) is 89.5 Å². The zero-order chi connectivity index (χ0) is 30.6. The van der Waals surface area contributed by atoms with Crippen LogP contribution >= 0.6 is 0 Å². The van der Waals surface area contributed by atoms with E-state index < -0.39 is 40.8 Å². The van der Waals surface area contributed by atoms with E-state index in [-0.39, 0.29) is 32.2 Å². The molecule has 1 heterocycles. The van der Waals surface area contributed by atoms with Gasteiger partial charge in [0.1, 0.15) is 30.2 Å². The molecule has 0 aliphatic carbocycles. The molecule has 5 rings (SSSR count). The van der Waals surface area contributed by atoms with Crippen LogP contribution in [0.15, 0.2) is 121 Å². The molecule has 4 aromatic carbocycles. The Labute approximate surface area is 259 Å². The van der Waals surface area contributed by atoms with E-state index in [4.69, 9.17) is 27.9 Å². The van der Waals surface area contributed by atoms with Gasteiger partial charge in [0.05, 0.1) is 26.4 Å². The highest BCUT2D eigenvalue weighted by molar-refractivity contribution is 7.85. The highest BCUT2D eigenvalue weighted by Crippen LogP contribution is 2.31. The highest BCUT2D eigenvalue weighted by atomic mass is 32.2. The van der Waals surface area contributed by atoms with Gasteiger partial charge in [-0.05, 0) is 22.3 Å². The first kappa shape index (κ1) is 32.0. The highest BCUT2D eigenvalue weighted by Gasteiger charge is 2.49. The van der Waals surface area contributed by atoms with E-state index in [9.17, 15) is 8.42 Å². The molecule has 0 aromatic heterocycles. The van der Waals surface area contributed by atoms with Gasteiger partial charge in [0.25, 0.3) is 10.1 Å². The molecule has 1 aliphatic heterocycles. The van der Waals surface area contributed by atoms with Gasteiger partial charge in [-0.3, -0.25) is 4.18 Å². The molecule has 0 amide bonds. The van der Waals surface area contributed by atoms with Crippen molar-refractivity contribution in [3.05, 3.63) is 144 Å². The van der Waals surface area contributed by atoms with E-state index in [0.717, 1.165) is 16.7 Å². The average molecular weight is 619 g/mol. The summed E-state index contributed by atoms with van der Waals surface area (Å²) in [6, 6.07) is 38.2. The Hall–Kier alpha value is -3.41. The Kier molecular flexibility index (Phi) is 11.7. The number of ether oxygens (including phenoxy) is 5. The molecule has 232 valence electrons. The van der Waals surface area contributed by atoms with Gasteiger partial charge in [0.15, 0.2) is 6.29 Å². The molecular weight excluding hydrogens is 580 g/mol. The minimum absolute atomic E-state index is 0.246. The summed E-state index contributed by atoms with van der Waals surface area (Å²) >= 11 is 0. The Morgan fingerprint density at radius 2 is 0.977 bits per heavy atom. The van der Waals surface area contributed by atoms with Gasteiger partial charge < -0.3 is 23.7 Å². The van der Waals surface area contributed by atoms with Gasteiger partial charge in [-0.2, -0.15) is 8.42 Å². The summed E-state index contributed by atoms with van der Waals surface area (Å²) in [5.74, 6) is -0.263. The summed E-state index contributed by atoms with van der Waals surface area (Å²) in [5.41, 5.74) is 3.52. The van der Waals surface area contributed by atoms with Crippen LogP contribution in [-0.2, 0) is 63.6 Å². The van der Waals surface area contributed by atoms with E-state index in [1.807, 2.05) is 97.1 Å². The fourth-order valence-corrected chi connectivity index (χ4v) is 6.09. The Morgan fingerprint density at radius 1 is 0.568 bits per heavy atom. The maximum absolute atomic E-state index is 13.0. The molecule has 0 bridgehead atoms. The second-order valence-electron chi connectivity index (χ2n) is 10.5. The number of hydrogen-bond acceptors (Lipinski definition) is 8. The zero-order valence-electron chi connectivity index (χ0n) is 24.6. The summed E-state index contributed by atoms with van der Waals surface area (Å²) in [4.78, 5) is 0. The van der Waals surface area contributed by atoms with E-state index in [1.54, 1.807) is 24.3 Å². The van der Waals surface area contributed by atoms with Crippen molar-refractivity contribution >= 4 is 10.1 Å². The Balaban J connectivity index is 1.40. The van der Waals surface area contributed by atoms with Crippen molar-refractivity contribution in [2.75, 3.05) is 13.7 Å². The average Bonchev–Trinajstić information content (AvgIpc) is 3.06. The summed E-state index contributed by atoms with van der Waals surface area (Å²) in [6.45, 7) is 0.525. The third-order valence-electron chi connectivity index (χ3n) is 7.28. The van der Waals surface area contributed by atoms with Gasteiger partial charge in [-0.15, -0.1) is 0 Å². The van der Waals surface area contributed by atoms with Crippen LogP contribution in [0.2, 0.25) is 0 Å². The number of methoxy groups -OCH3 is 1. The minimum Gasteiger partial charge on any atom is -0.368 e. The van der Waals surface area contributed by atoms with Gasteiger partial charge in [0.2, 0.25) is 0 Å². The number of benzene rings is 4. The first-order valence-electron chi connectivity index (χ1n) is 14.6. The minimum atomic E-state index is -3.93. The third kappa shape index (κ3) is 9.30. The SMILES string of the molecule is CO[C@@H]1O[C@H](COS(=O)(=O)Cc2ccccc2)[C@H](OCc2ccccc2)[C@H](OCc2ccccc2)[C@H]1OCc1ccccc1. The molecule has 1 saturated heterocycles. The third-order valence-corrected chi connectivity index (χ3v) is 8.46. The van der Waals surface area contributed by atoms with Crippen molar-refractivity contribution in [3.63, 3.8) is 0 Å². The molecular formula is C35H38O8S. The summed E-state index contributed by atoms with van der Waals surface area (Å²) in [5, 5.41) is 0. The first-order valence-corrected chi connectivity index (χ1v) is 16.1. The largest absolute Gasteiger partial charge is 0.368 e. The van der Waals surface area contributed by atoms with E-state index >= 15 is 0 Å². The van der Waals surface area contributed by atoms with Crippen molar-refractivity contribution in [2.45, 2.75) is 56.3 Å². The molecule has 9 heteroatoms. The molecule has 0 saturated carbocycles. The van der Waals surface area contributed by atoms with E-state index in [2.05, 4.69) is 0 Å².